The highest BCUT2D eigenvalue weighted by Gasteiger charge is 2.16. The molecule has 1 heterocycles. The standard InChI is InChI=1S/C13H15FN4OS/c1-7-11(12(15)20)13(18(2)17-7)16-8-4-5-9(14)10(6-8)19-3/h4-6,16H,1-3H3,(H2,15,20). The van der Waals surface area contributed by atoms with Gasteiger partial charge in [0.15, 0.2) is 11.6 Å². The molecule has 7 heteroatoms. The number of nitrogens with one attached hydrogen (secondary N) is 1. The monoisotopic (exact) mass is 294 g/mol. The Morgan fingerprint density at radius 2 is 2.20 bits per heavy atom. The first-order valence-corrected chi connectivity index (χ1v) is 6.28. The van der Waals surface area contributed by atoms with Crippen LogP contribution in [0.2, 0.25) is 0 Å². The molecular weight excluding hydrogens is 279 g/mol. The van der Waals surface area contributed by atoms with E-state index >= 15 is 0 Å². The van der Waals surface area contributed by atoms with E-state index in [2.05, 4.69) is 10.4 Å². The van der Waals surface area contributed by atoms with Gasteiger partial charge in [0.25, 0.3) is 0 Å². The highest BCUT2D eigenvalue weighted by atomic mass is 32.1. The number of benzene rings is 1. The van der Waals surface area contributed by atoms with Crippen molar-refractivity contribution in [3.63, 3.8) is 0 Å². The van der Waals surface area contributed by atoms with E-state index < -0.39 is 5.82 Å². The highest BCUT2D eigenvalue weighted by molar-refractivity contribution is 7.80. The molecule has 0 unspecified atom stereocenters. The Balaban J connectivity index is 2.42. The van der Waals surface area contributed by atoms with Crippen LogP contribution in [-0.4, -0.2) is 21.9 Å². The van der Waals surface area contributed by atoms with Crippen molar-refractivity contribution in [3.05, 3.63) is 35.3 Å². The molecular formula is C13H15FN4OS. The molecule has 0 saturated carbocycles. The summed E-state index contributed by atoms with van der Waals surface area (Å²) in [5.74, 6) is 0.392. The lowest BCUT2D eigenvalue weighted by Crippen LogP contribution is -2.13. The number of anilines is 2. The van der Waals surface area contributed by atoms with E-state index in [9.17, 15) is 4.39 Å². The van der Waals surface area contributed by atoms with Gasteiger partial charge >= 0.3 is 0 Å². The summed E-state index contributed by atoms with van der Waals surface area (Å²) >= 11 is 5.04. The van der Waals surface area contributed by atoms with E-state index in [4.69, 9.17) is 22.7 Å². The molecule has 20 heavy (non-hydrogen) atoms. The molecule has 106 valence electrons. The molecule has 0 aliphatic heterocycles. The van der Waals surface area contributed by atoms with Gasteiger partial charge in [0.05, 0.1) is 18.4 Å². The zero-order valence-corrected chi connectivity index (χ0v) is 12.2. The van der Waals surface area contributed by atoms with Gasteiger partial charge in [-0.2, -0.15) is 5.10 Å². The number of aromatic nitrogens is 2. The smallest absolute Gasteiger partial charge is 0.165 e. The Morgan fingerprint density at radius 1 is 1.50 bits per heavy atom. The van der Waals surface area contributed by atoms with Crippen LogP contribution in [0.15, 0.2) is 18.2 Å². The molecule has 0 aliphatic carbocycles. The first-order chi connectivity index (χ1) is 9.43. The van der Waals surface area contributed by atoms with Crippen molar-refractivity contribution in [1.29, 1.82) is 0 Å². The second kappa shape index (κ2) is 5.46. The summed E-state index contributed by atoms with van der Waals surface area (Å²) in [5.41, 5.74) is 7.78. The third-order valence-electron chi connectivity index (χ3n) is 2.88. The number of aryl methyl sites for hydroxylation is 2. The van der Waals surface area contributed by atoms with E-state index in [0.717, 1.165) is 5.69 Å². The summed E-state index contributed by atoms with van der Waals surface area (Å²) in [4.78, 5) is 0.257. The molecule has 0 spiro atoms. The molecule has 0 fully saturated rings. The SMILES string of the molecule is COc1cc(Nc2c(C(N)=S)c(C)nn2C)ccc1F. The van der Waals surface area contributed by atoms with Gasteiger partial charge < -0.3 is 15.8 Å². The molecule has 2 aromatic rings. The second-order valence-electron chi connectivity index (χ2n) is 4.27. The van der Waals surface area contributed by atoms with Crippen molar-refractivity contribution in [2.75, 3.05) is 12.4 Å². The maximum atomic E-state index is 13.4. The zero-order valence-electron chi connectivity index (χ0n) is 11.4. The van der Waals surface area contributed by atoms with Crippen LogP contribution in [0, 0.1) is 12.7 Å². The largest absolute Gasteiger partial charge is 0.494 e. The Labute approximate surface area is 121 Å². The molecule has 0 atom stereocenters. The van der Waals surface area contributed by atoms with Gasteiger partial charge in [-0.05, 0) is 19.1 Å². The van der Waals surface area contributed by atoms with Crippen LogP contribution in [0.4, 0.5) is 15.9 Å². The molecule has 1 aromatic heterocycles. The average molecular weight is 294 g/mol. The van der Waals surface area contributed by atoms with Gasteiger partial charge in [0, 0.05) is 18.8 Å². The Bertz CT molecular complexity index is 669. The maximum absolute atomic E-state index is 13.4. The number of hydrogen-bond acceptors (Lipinski definition) is 4. The zero-order chi connectivity index (χ0) is 14.9. The van der Waals surface area contributed by atoms with Crippen LogP contribution in [0.1, 0.15) is 11.3 Å². The van der Waals surface area contributed by atoms with E-state index in [1.54, 1.807) is 23.9 Å². The highest BCUT2D eigenvalue weighted by Crippen LogP contribution is 2.27. The molecule has 0 bridgehead atoms. The minimum absolute atomic E-state index is 0.158. The Hall–Kier alpha value is -2.15. The fourth-order valence-corrected chi connectivity index (χ4v) is 2.22. The predicted molar refractivity (Wildman–Crippen MR) is 80.1 cm³/mol. The number of rotatable bonds is 4. The fourth-order valence-electron chi connectivity index (χ4n) is 1.97. The van der Waals surface area contributed by atoms with Crippen molar-refractivity contribution < 1.29 is 9.13 Å². The summed E-state index contributed by atoms with van der Waals surface area (Å²) in [6.45, 7) is 1.82. The molecule has 0 amide bonds. The van der Waals surface area contributed by atoms with Gasteiger partial charge in [0.2, 0.25) is 0 Å². The van der Waals surface area contributed by atoms with Gasteiger partial charge in [-0.15, -0.1) is 0 Å². The summed E-state index contributed by atoms with van der Waals surface area (Å²) in [5, 5.41) is 7.40. The van der Waals surface area contributed by atoms with Crippen molar-refractivity contribution >= 4 is 28.7 Å². The lowest BCUT2D eigenvalue weighted by molar-refractivity contribution is 0.387. The van der Waals surface area contributed by atoms with Gasteiger partial charge in [0.1, 0.15) is 10.8 Å². The second-order valence-corrected chi connectivity index (χ2v) is 4.71. The third-order valence-corrected chi connectivity index (χ3v) is 3.09. The fraction of sp³-hybridized carbons (Fsp3) is 0.231. The predicted octanol–water partition coefficient (Wildman–Crippen LogP) is 2.25. The number of halogens is 1. The summed E-state index contributed by atoms with van der Waals surface area (Å²) < 4.78 is 20.0. The van der Waals surface area contributed by atoms with E-state index in [1.807, 2.05) is 6.92 Å². The summed E-state index contributed by atoms with van der Waals surface area (Å²) in [7, 11) is 3.19. The molecule has 2 rings (SSSR count). The number of nitrogens with zero attached hydrogens (tertiary/aromatic N) is 2. The molecule has 1 aromatic carbocycles. The quantitative estimate of drug-likeness (QED) is 0.847. The van der Waals surface area contributed by atoms with Crippen molar-refractivity contribution in [2.45, 2.75) is 6.92 Å². The van der Waals surface area contributed by atoms with Crippen LogP contribution in [0.3, 0.4) is 0 Å². The van der Waals surface area contributed by atoms with Crippen molar-refractivity contribution in [3.8, 4) is 5.75 Å². The number of hydrogen-bond donors (Lipinski definition) is 2. The van der Waals surface area contributed by atoms with E-state index in [0.29, 0.717) is 17.1 Å². The molecule has 0 radical (unpaired) electrons. The lowest BCUT2D eigenvalue weighted by atomic mass is 10.2. The third kappa shape index (κ3) is 2.57. The first kappa shape index (κ1) is 14.3. The molecule has 0 saturated heterocycles. The minimum Gasteiger partial charge on any atom is -0.494 e. The number of thiocarbonyl (C=S) groups is 1. The topological polar surface area (TPSA) is 65.1 Å². The van der Waals surface area contributed by atoms with E-state index in [-0.39, 0.29) is 10.7 Å². The van der Waals surface area contributed by atoms with Crippen LogP contribution in [0.5, 0.6) is 5.75 Å². The van der Waals surface area contributed by atoms with Crippen LogP contribution >= 0.6 is 12.2 Å². The minimum atomic E-state index is -0.422. The van der Waals surface area contributed by atoms with Gasteiger partial charge in [-0.25, -0.2) is 4.39 Å². The van der Waals surface area contributed by atoms with Crippen LogP contribution < -0.4 is 15.8 Å². The molecule has 0 aliphatic rings. The first-order valence-electron chi connectivity index (χ1n) is 5.88. The maximum Gasteiger partial charge on any atom is 0.165 e. The summed E-state index contributed by atoms with van der Waals surface area (Å²) in [6.07, 6.45) is 0. The normalized spacial score (nSPS) is 10.4. The van der Waals surface area contributed by atoms with Crippen molar-refractivity contribution in [1.82, 2.24) is 9.78 Å². The Kier molecular flexibility index (Phi) is 3.89. The number of methoxy groups -OCH3 is 1. The van der Waals surface area contributed by atoms with Crippen LogP contribution in [0.25, 0.3) is 0 Å². The van der Waals surface area contributed by atoms with E-state index in [1.165, 1.54) is 13.2 Å². The van der Waals surface area contributed by atoms with Crippen LogP contribution in [-0.2, 0) is 7.05 Å². The van der Waals surface area contributed by atoms with Crippen molar-refractivity contribution in [2.24, 2.45) is 12.8 Å². The number of ether oxygens (including phenoxy) is 1. The lowest BCUT2D eigenvalue weighted by Gasteiger charge is -2.10. The summed E-state index contributed by atoms with van der Waals surface area (Å²) in [6, 6.07) is 4.48. The molecule has 3 N–H and O–H groups in total. The molecule has 5 nitrogen and oxygen atoms in total. The number of nitrogens with two attached hydrogens (primary N) is 1. The van der Waals surface area contributed by atoms with Gasteiger partial charge in [-0.1, -0.05) is 12.2 Å². The average Bonchev–Trinajstić information content (AvgIpc) is 2.66. The Morgan fingerprint density at radius 3 is 2.80 bits per heavy atom. The van der Waals surface area contributed by atoms with Gasteiger partial charge in [-0.3, -0.25) is 4.68 Å².